The summed E-state index contributed by atoms with van der Waals surface area (Å²) in [6, 6.07) is 15.3. The van der Waals surface area contributed by atoms with Gasteiger partial charge in [0.05, 0.1) is 0 Å². The number of rotatable bonds is 8. The molecule has 2 rings (SSSR count). The van der Waals surface area contributed by atoms with Crippen molar-refractivity contribution in [3.8, 4) is 0 Å². The molecule has 2 nitrogen and oxygen atoms in total. The molecule has 0 radical (unpaired) electrons. The average Bonchev–Trinajstić information content (AvgIpc) is 2.57. The second-order valence-electron chi connectivity index (χ2n) is 5.37. The maximum absolute atomic E-state index is 12.8. The summed E-state index contributed by atoms with van der Waals surface area (Å²) in [5.74, 6) is 1.01. The van der Waals surface area contributed by atoms with Gasteiger partial charge >= 0.3 is 0 Å². The molecular weight excluding hydrogens is 336 g/mol. The van der Waals surface area contributed by atoms with Crippen LogP contribution in [0, 0.1) is 0 Å². The van der Waals surface area contributed by atoms with Gasteiger partial charge in [-0.15, -0.1) is 23.5 Å². The van der Waals surface area contributed by atoms with Crippen LogP contribution in [0.1, 0.15) is 42.6 Å². The normalized spacial score (nSPS) is 12.0. The van der Waals surface area contributed by atoms with E-state index in [1.54, 1.807) is 23.5 Å². The minimum absolute atomic E-state index is 0.122. The summed E-state index contributed by atoms with van der Waals surface area (Å²) < 4.78 is 0. The van der Waals surface area contributed by atoms with Crippen molar-refractivity contribution < 1.29 is 9.59 Å². The quantitative estimate of drug-likeness (QED) is 0.356. The van der Waals surface area contributed by atoms with Gasteiger partial charge in [-0.25, -0.2) is 0 Å². The summed E-state index contributed by atoms with van der Waals surface area (Å²) in [6.07, 6.45) is 0. The molecule has 4 heteroatoms. The van der Waals surface area contributed by atoms with E-state index >= 15 is 0 Å². The highest BCUT2D eigenvalue weighted by Crippen LogP contribution is 2.26. The summed E-state index contributed by atoms with van der Waals surface area (Å²) in [4.78, 5) is 27.2. The van der Waals surface area contributed by atoms with E-state index in [1.807, 2.05) is 48.5 Å². The van der Waals surface area contributed by atoms with E-state index < -0.39 is 5.92 Å². The van der Waals surface area contributed by atoms with Gasteiger partial charge in [0.2, 0.25) is 0 Å². The summed E-state index contributed by atoms with van der Waals surface area (Å²) in [5, 5.41) is 0. The summed E-state index contributed by atoms with van der Waals surface area (Å²) in [7, 11) is 0. The largest absolute Gasteiger partial charge is 0.299 e. The Morgan fingerprint density at radius 1 is 0.833 bits per heavy atom. The van der Waals surface area contributed by atoms with Gasteiger partial charge in [0.1, 0.15) is 11.7 Å². The van der Waals surface area contributed by atoms with Crippen molar-refractivity contribution in [1.29, 1.82) is 0 Å². The molecule has 0 aliphatic rings. The second-order valence-corrected chi connectivity index (χ2v) is 8.04. The first-order valence-electron chi connectivity index (χ1n) is 8.07. The summed E-state index contributed by atoms with van der Waals surface area (Å²) >= 11 is 3.48. The monoisotopic (exact) mass is 358 g/mol. The lowest BCUT2D eigenvalue weighted by molar-refractivity contribution is -0.117. The van der Waals surface area contributed by atoms with E-state index in [2.05, 4.69) is 13.8 Å². The maximum Gasteiger partial charge on any atom is 0.177 e. The predicted molar refractivity (Wildman–Crippen MR) is 103 cm³/mol. The molecule has 2 aromatic carbocycles. The first-order valence-corrected chi connectivity index (χ1v) is 10.0. The van der Waals surface area contributed by atoms with Crippen LogP contribution < -0.4 is 0 Å². The molecule has 0 spiro atoms. The first kappa shape index (κ1) is 18.8. The van der Waals surface area contributed by atoms with Gasteiger partial charge in [-0.2, -0.15) is 0 Å². The molecule has 0 fully saturated rings. The summed E-state index contributed by atoms with van der Waals surface area (Å²) in [5.41, 5.74) is 1.35. The standard InChI is InChI=1S/C20H22O2S2/c1-4-23-17-10-6-15(7-11-17)19(14(3)21)20(22)16-8-12-18(13-9-16)24-5-2/h6-13,19H,4-5H2,1-3H3. The van der Waals surface area contributed by atoms with Gasteiger partial charge in [0, 0.05) is 15.4 Å². The van der Waals surface area contributed by atoms with Gasteiger partial charge in [-0.1, -0.05) is 38.1 Å². The van der Waals surface area contributed by atoms with Gasteiger partial charge < -0.3 is 0 Å². The minimum atomic E-state index is -0.727. The van der Waals surface area contributed by atoms with Crippen molar-refractivity contribution in [2.45, 2.75) is 36.5 Å². The molecule has 0 aromatic heterocycles. The molecule has 0 heterocycles. The Labute approximate surface area is 152 Å². The number of ketones is 2. The SMILES string of the molecule is CCSc1ccc(C(=O)C(C(C)=O)c2ccc(SCC)cc2)cc1. The fourth-order valence-corrected chi connectivity index (χ4v) is 3.87. The molecule has 0 saturated carbocycles. The molecular formula is C20H22O2S2. The smallest absolute Gasteiger partial charge is 0.177 e. The number of carbonyl (C=O) groups excluding carboxylic acids is 2. The van der Waals surface area contributed by atoms with Crippen LogP contribution in [-0.4, -0.2) is 23.1 Å². The Hall–Kier alpha value is -1.52. The van der Waals surface area contributed by atoms with Crippen LogP contribution in [0.4, 0.5) is 0 Å². The highest BCUT2D eigenvalue weighted by Gasteiger charge is 2.26. The van der Waals surface area contributed by atoms with Crippen LogP contribution in [0.5, 0.6) is 0 Å². The molecule has 0 N–H and O–H groups in total. The topological polar surface area (TPSA) is 34.1 Å². The van der Waals surface area contributed by atoms with E-state index in [4.69, 9.17) is 0 Å². The lowest BCUT2D eigenvalue weighted by Crippen LogP contribution is -2.20. The van der Waals surface area contributed by atoms with Crippen LogP contribution in [0.25, 0.3) is 0 Å². The zero-order valence-corrected chi connectivity index (χ0v) is 15.9. The molecule has 0 aliphatic heterocycles. The van der Waals surface area contributed by atoms with E-state index in [1.165, 1.54) is 6.92 Å². The third-order valence-electron chi connectivity index (χ3n) is 3.64. The zero-order valence-electron chi connectivity index (χ0n) is 14.2. The molecule has 1 unspecified atom stereocenters. The lowest BCUT2D eigenvalue weighted by Gasteiger charge is -2.14. The van der Waals surface area contributed by atoms with Crippen molar-refractivity contribution in [3.05, 3.63) is 59.7 Å². The van der Waals surface area contributed by atoms with E-state index in [-0.39, 0.29) is 11.6 Å². The van der Waals surface area contributed by atoms with Crippen LogP contribution in [0.2, 0.25) is 0 Å². The maximum atomic E-state index is 12.8. The molecule has 0 amide bonds. The number of Topliss-reactive ketones (excluding diaryl/α,β-unsaturated/α-hetero) is 2. The van der Waals surface area contributed by atoms with E-state index in [9.17, 15) is 9.59 Å². The Morgan fingerprint density at radius 3 is 1.71 bits per heavy atom. The van der Waals surface area contributed by atoms with Crippen LogP contribution in [0.15, 0.2) is 58.3 Å². The highest BCUT2D eigenvalue weighted by molar-refractivity contribution is 7.99. The average molecular weight is 359 g/mol. The zero-order chi connectivity index (χ0) is 17.5. The third-order valence-corrected chi connectivity index (χ3v) is 5.43. The van der Waals surface area contributed by atoms with Crippen molar-refractivity contribution in [2.75, 3.05) is 11.5 Å². The highest BCUT2D eigenvalue weighted by atomic mass is 32.2. The fourth-order valence-electron chi connectivity index (χ4n) is 2.54. The van der Waals surface area contributed by atoms with Gasteiger partial charge in [0.15, 0.2) is 5.78 Å². The number of hydrogen-bond donors (Lipinski definition) is 0. The van der Waals surface area contributed by atoms with Crippen molar-refractivity contribution in [2.24, 2.45) is 0 Å². The Bertz CT molecular complexity index is 691. The van der Waals surface area contributed by atoms with Crippen molar-refractivity contribution in [1.82, 2.24) is 0 Å². The van der Waals surface area contributed by atoms with Crippen molar-refractivity contribution in [3.63, 3.8) is 0 Å². The van der Waals surface area contributed by atoms with Crippen LogP contribution in [0.3, 0.4) is 0 Å². The number of carbonyl (C=O) groups is 2. The molecule has 126 valence electrons. The Kier molecular flexibility index (Phi) is 7.13. The number of thioether (sulfide) groups is 2. The predicted octanol–water partition coefficient (Wildman–Crippen LogP) is 5.47. The number of benzene rings is 2. The van der Waals surface area contributed by atoms with Gasteiger partial charge in [-0.3, -0.25) is 9.59 Å². The number of hydrogen-bond acceptors (Lipinski definition) is 4. The lowest BCUT2D eigenvalue weighted by atomic mass is 9.88. The molecule has 0 saturated heterocycles. The van der Waals surface area contributed by atoms with Gasteiger partial charge in [0.25, 0.3) is 0 Å². The van der Waals surface area contributed by atoms with Crippen LogP contribution >= 0.6 is 23.5 Å². The minimum Gasteiger partial charge on any atom is -0.299 e. The van der Waals surface area contributed by atoms with Gasteiger partial charge in [-0.05, 0) is 48.3 Å². The molecule has 0 aliphatic carbocycles. The Balaban J connectivity index is 2.25. The molecule has 2 aromatic rings. The second kappa shape index (κ2) is 9.09. The summed E-state index contributed by atoms with van der Waals surface area (Å²) in [6.45, 7) is 5.68. The first-order chi connectivity index (χ1) is 11.6. The Morgan fingerprint density at radius 2 is 1.29 bits per heavy atom. The van der Waals surface area contributed by atoms with Crippen molar-refractivity contribution >= 4 is 35.1 Å². The molecule has 24 heavy (non-hydrogen) atoms. The fraction of sp³-hybridized carbons (Fsp3) is 0.300. The third kappa shape index (κ3) is 4.74. The van der Waals surface area contributed by atoms with Crippen LogP contribution in [-0.2, 0) is 4.79 Å². The van der Waals surface area contributed by atoms with E-state index in [0.29, 0.717) is 5.56 Å². The van der Waals surface area contributed by atoms with E-state index in [0.717, 1.165) is 26.9 Å². The molecule has 0 bridgehead atoms. The molecule has 1 atom stereocenters.